The molecule has 0 aliphatic carbocycles. The van der Waals surface area contributed by atoms with Gasteiger partial charge >= 0.3 is 0 Å². The average Bonchev–Trinajstić information content (AvgIpc) is 2.72. The lowest BCUT2D eigenvalue weighted by molar-refractivity contribution is 0.597. The van der Waals surface area contributed by atoms with Crippen LogP contribution in [0.25, 0.3) is 0 Å². The van der Waals surface area contributed by atoms with Gasteiger partial charge in [-0.15, -0.1) is 0 Å². The van der Waals surface area contributed by atoms with Crippen LogP contribution in [0.4, 0.5) is 5.69 Å². The molecule has 0 saturated heterocycles. The molecule has 0 aliphatic heterocycles. The Morgan fingerprint density at radius 2 is 2.11 bits per heavy atom. The molecule has 2 aromatic rings. The summed E-state index contributed by atoms with van der Waals surface area (Å²) in [5, 5.41) is 8.29. The summed E-state index contributed by atoms with van der Waals surface area (Å²) >= 11 is 0. The van der Waals surface area contributed by atoms with Gasteiger partial charge in [-0.05, 0) is 31.5 Å². The van der Waals surface area contributed by atoms with E-state index in [2.05, 4.69) is 15.3 Å². The summed E-state index contributed by atoms with van der Waals surface area (Å²) in [6.07, 6.45) is 1.62. The van der Waals surface area contributed by atoms with Crippen LogP contribution >= 0.6 is 0 Å². The van der Waals surface area contributed by atoms with E-state index in [1.807, 2.05) is 13.0 Å². The van der Waals surface area contributed by atoms with Crippen molar-refractivity contribution in [1.29, 1.82) is 0 Å². The molecule has 0 amide bonds. The van der Waals surface area contributed by atoms with E-state index in [1.54, 1.807) is 19.3 Å². The van der Waals surface area contributed by atoms with E-state index in [9.17, 15) is 8.42 Å². The van der Waals surface area contributed by atoms with Gasteiger partial charge in [-0.3, -0.25) is 0 Å². The molecule has 1 aromatic heterocycles. The van der Waals surface area contributed by atoms with Crippen molar-refractivity contribution in [2.75, 3.05) is 5.32 Å². The maximum Gasteiger partial charge on any atom is 0.238 e. The SMILES string of the molecule is Cc1ccc(NCc2nc[nH]c2C)cc1S(N)(=O)=O. The van der Waals surface area contributed by atoms with Crippen molar-refractivity contribution in [2.45, 2.75) is 25.3 Å². The normalized spacial score (nSPS) is 11.5. The van der Waals surface area contributed by atoms with Crippen molar-refractivity contribution in [2.24, 2.45) is 5.14 Å². The number of hydrogen-bond acceptors (Lipinski definition) is 4. The third kappa shape index (κ3) is 3.12. The van der Waals surface area contributed by atoms with E-state index in [-0.39, 0.29) is 4.90 Å². The Bertz CT molecular complexity index is 692. The zero-order valence-electron chi connectivity index (χ0n) is 10.8. The van der Waals surface area contributed by atoms with E-state index in [1.165, 1.54) is 6.07 Å². The molecule has 0 atom stereocenters. The van der Waals surface area contributed by atoms with Gasteiger partial charge in [-0.2, -0.15) is 0 Å². The summed E-state index contributed by atoms with van der Waals surface area (Å²) in [5.74, 6) is 0. The Morgan fingerprint density at radius 1 is 1.37 bits per heavy atom. The molecule has 0 radical (unpaired) electrons. The number of primary sulfonamides is 1. The van der Waals surface area contributed by atoms with Crippen LogP contribution in [0.15, 0.2) is 29.4 Å². The number of aryl methyl sites for hydroxylation is 2. The number of hydrogen-bond donors (Lipinski definition) is 3. The highest BCUT2D eigenvalue weighted by molar-refractivity contribution is 7.89. The number of benzene rings is 1. The lowest BCUT2D eigenvalue weighted by Crippen LogP contribution is -2.14. The molecule has 1 aromatic carbocycles. The lowest BCUT2D eigenvalue weighted by Gasteiger charge is -2.09. The van der Waals surface area contributed by atoms with E-state index in [0.29, 0.717) is 17.8 Å². The van der Waals surface area contributed by atoms with Gasteiger partial charge in [-0.25, -0.2) is 18.5 Å². The number of aromatic amines is 1. The summed E-state index contributed by atoms with van der Waals surface area (Å²) in [5.41, 5.74) is 3.19. The standard InChI is InChI=1S/C12H16N4O2S/c1-8-3-4-10(5-12(8)19(13,17)18)14-6-11-9(2)15-7-16-11/h3-5,7,14H,6H2,1-2H3,(H,15,16)(H2,13,17,18). The fourth-order valence-electron chi connectivity index (χ4n) is 1.77. The van der Waals surface area contributed by atoms with Crippen LogP contribution in [0.2, 0.25) is 0 Å². The minimum absolute atomic E-state index is 0.135. The maximum atomic E-state index is 11.4. The van der Waals surface area contributed by atoms with Gasteiger partial charge in [0, 0.05) is 11.4 Å². The van der Waals surface area contributed by atoms with Gasteiger partial charge in [0.15, 0.2) is 0 Å². The summed E-state index contributed by atoms with van der Waals surface area (Å²) in [7, 11) is -3.70. The van der Waals surface area contributed by atoms with Crippen molar-refractivity contribution in [3.63, 3.8) is 0 Å². The molecule has 4 N–H and O–H groups in total. The summed E-state index contributed by atoms with van der Waals surface area (Å²) in [6.45, 7) is 4.15. The number of nitrogens with one attached hydrogen (secondary N) is 2. The number of sulfonamides is 1. The van der Waals surface area contributed by atoms with Crippen molar-refractivity contribution < 1.29 is 8.42 Å². The quantitative estimate of drug-likeness (QED) is 0.785. The minimum atomic E-state index is -3.70. The van der Waals surface area contributed by atoms with Crippen LogP contribution in [-0.4, -0.2) is 18.4 Å². The maximum absolute atomic E-state index is 11.4. The van der Waals surface area contributed by atoms with Gasteiger partial charge in [-0.1, -0.05) is 6.07 Å². The van der Waals surface area contributed by atoms with Crippen LogP contribution in [0, 0.1) is 13.8 Å². The van der Waals surface area contributed by atoms with Gasteiger partial charge < -0.3 is 10.3 Å². The fraction of sp³-hybridized carbons (Fsp3) is 0.250. The second-order valence-corrected chi connectivity index (χ2v) is 5.88. The number of imidazole rings is 1. The van der Waals surface area contributed by atoms with Crippen LogP contribution in [0.3, 0.4) is 0 Å². The molecule has 7 heteroatoms. The molecule has 102 valence electrons. The smallest absolute Gasteiger partial charge is 0.238 e. The van der Waals surface area contributed by atoms with Gasteiger partial charge in [0.25, 0.3) is 0 Å². The molecule has 19 heavy (non-hydrogen) atoms. The number of H-pyrrole nitrogens is 1. The predicted octanol–water partition coefficient (Wildman–Crippen LogP) is 1.29. The fourth-order valence-corrected chi connectivity index (χ4v) is 2.58. The molecule has 6 nitrogen and oxygen atoms in total. The summed E-state index contributed by atoms with van der Waals surface area (Å²) < 4.78 is 22.9. The molecule has 0 bridgehead atoms. The highest BCUT2D eigenvalue weighted by atomic mass is 32.2. The number of nitrogens with zero attached hydrogens (tertiary/aromatic N) is 1. The van der Waals surface area contributed by atoms with Crippen LogP contribution in [0.1, 0.15) is 17.0 Å². The molecule has 0 spiro atoms. The highest BCUT2D eigenvalue weighted by Gasteiger charge is 2.12. The summed E-state index contributed by atoms with van der Waals surface area (Å²) in [4.78, 5) is 7.28. The number of anilines is 1. The Morgan fingerprint density at radius 3 is 2.68 bits per heavy atom. The Labute approximate surface area is 112 Å². The second-order valence-electron chi connectivity index (χ2n) is 4.35. The zero-order valence-corrected chi connectivity index (χ0v) is 11.6. The molecule has 2 rings (SSSR count). The lowest BCUT2D eigenvalue weighted by atomic mass is 10.2. The minimum Gasteiger partial charge on any atom is -0.379 e. The topological polar surface area (TPSA) is 101 Å². The third-order valence-corrected chi connectivity index (χ3v) is 3.94. The van der Waals surface area contributed by atoms with Gasteiger partial charge in [0.05, 0.1) is 23.5 Å². The first-order valence-corrected chi connectivity index (χ1v) is 7.29. The Kier molecular flexibility index (Phi) is 3.59. The van der Waals surface area contributed by atoms with Crippen molar-refractivity contribution in [3.8, 4) is 0 Å². The summed E-state index contributed by atoms with van der Waals surface area (Å²) in [6, 6.07) is 5.07. The monoisotopic (exact) mass is 280 g/mol. The predicted molar refractivity (Wildman–Crippen MR) is 73.2 cm³/mol. The van der Waals surface area contributed by atoms with E-state index in [0.717, 1.165) is 11.4 Å². The molecular weight excluding hydrogens is 264 g/mol. The molecule has 0 saturated carbocycles. The number of nitrogens with two attached hydrogens (primary N) is 1. The second kappa shape index (κ2) is 5.02. The molecular formula is C12H16N4O2S. The highest BCUT2D eigenvalue weighted by Crippen LogP contribution is 2.19. The van der Waals surface area contributed by atoms with Crippen molar-refractivity contribution >= 4 is 15.7 Å². The van der Waals surface area contributed by atoms with E-state index < -0.39 is 10.0 Å². The van der Waals surface area contributed by atoms with E-state index >= 15 is 0 Å². The first-order valence-electron chi connectivity index (χ1n) is 5.74. The van der Waals surface area contributed by atoms with Crippen molar-refractivity contribution in [3.05, 3.63) is 41.5 Å². The zero-order chi connectivity index (χ0) is 14.0. The van der Waals surface area contributed by atoms with Crippen LogP contribution in [0.5, 0.6) is 0 Å². The average molecular weight is 280 g/mol. The number of rotatable bonds is 4. The molecule has 0 unspecified atom stereocenters. The first-order chi connectivity index (χ1) is 8.88. The van der Waals surface area contributed by atoms with E-state index in [4.69, 9.17) is 5.14 Å². The first kappa shape index (κ1) is 13.6. The van der Waals surface area contributed by atoms with Crippen LogP contribution < -0.4 is 10.5 Å². The Hall–Kier alpha value is -1.86. The van der Waals surface area contributed by atoms with Gasteiger partial charge in [0.1, 0.15) is 0 Å². The molecule has 0 fully saturated rings. The third-order valence-electron chi connectivity index (χ3n) is 2.89. The molecule has 0 aliphatic rings. The molecule has 1 heterocycles. The van der Waals surface area contributed by atoms with Gasteiger partial charge in [0.2, 0.25) is 10.0 Å². The number of aromatic nitrogens is 2. The van der Waals surface area contributed by atoms with Crippen LogP contribution in [-0.2, 0) is 16.6 Å². The Balaban J connectivity index is 2.21. The van der Waals surface area contributed by atoms with Crippen molar-refractivity contribution in [1.82, 2.24) is 9.97 Å². The largest absolute Gasteiger partial charge is 0.379 e.